The lowest BCUT2D eigenvalue weighted by Gasteiger charge is -2.11. The molecule has 0 aliphatic carbocycles. The second kappa shape index (κ2) is 10.3. The summed E-state index contributed by atoms with van der Waals surface area (Å²) in [5, 5.41) is 3.36. The fraction of sp³-hybridized carbons (Fsp3) is 0.0833. The molecular weight excluding hydrogens is 402 g/mol. The van der Waals surface area contributed by atoms with Gasteiger partial charge >= 0.3 is 0 Å². The normalized spacial score (nSPS) is 10.6. The molecule has 0 aliphatic rings. The van der Waals surface area contributed by atoms with Gasteiger partial charge in [0, 0.05) is 16.7 Å². The Kier molecular flexibility index (Phi) is 7.24. The van der Waals surface area contributed by atoms with E-state index in [1.165, 1.54) is 6.08 Å². The summed E-state index contributed by atoms with van der Waals surface area (Å²) in [4.78, 5) is 23.2. The first-order valence-corrected chi connectivity index (χ1v) is 9.55. The van der Waals surface area contributed by atoms with Crippen molar-refractivity contribution in [2.45, 2.75) is 6.61 Å². The van der Waals surface area contributed by atoms with Gasteiger partial charge < -0.3 is 14.8 Å². The third-order valence-corrected chi connectivity index (χ3v) is 4.52. The summed E-state index contributed by atoms with van der Waals surface area (Å²) < 4.78 is 11.2. The van der Waals surface area contributed by atoms with E-state index in [2.05, 4.69) is 5.32 Å². The van der Waals surface area contributed by atoms with Crippen molar-refractivity contribution < 1.29 is 19.1 Å². The molecular formula is C24H20ClNO4. The summed E-state index contributed by atoms with van der Waals surface area (Å²) in [5.41, 5.74) is 2.64. The molecule has 5 nitrogen and oxygen atoms in total. The molecule has 152 valence electrons. The lowest BCUT2D eigenvalue weighted by atomic mass is 10.1. The van der Waals surface area contributed by atoms with Crippen molar-refractivity contribution in [1.82, 2.24) is 0 Å². The van der Waals surface area contributed by atoms with Crippen LogP contribution in [0.15, 0.2) is 72.8 Å². The number of carbonyl (C=O) groups excluding carboxylic acids is 2. The predicted octanol–water partition coefficient (Wildman–Crippen LogP) is 5.39. The molecule has 0 radical (unpaired) electrons. The van der Waals surface area contributed by atoms with Crippen LogP contribution in [-0.4, -0.2) is 19.3 Å². The molecule has 0 atom stereocenters. The molecule has 6 heteroatoms. The number of ether oxygens (including phenoxy) is 2. The largest absolute Gasteiger partial charge is 0.493 e. The van der Waals surface area contributed by atoms with E-state index in [1.807, 2.05) is 30.3 Å². The molecule has 0 heterocycles. The maximum atomic E-state index is 12.2. The van der Waals surface area contributed by atoms with E-state index in [0.29, 0.717) is 40.7 Å². The third-order valence-electron chi connectivity index (χ3n) is 4.27. The van der Waals surface area contributed by atoms with Crippen LogP contribution in [0.5, 0.6) is 11.5 Å². The minimum absolute atomic E-state index is 0.341. The molecule has 0 unspecified atom stereocenters. The summed E-state index contributed by atoms with van der Waals surface area (Å²) in [6, 6.07) is 19.6. The van der Waals surface area contributed by atoms with Crippen LogP contribution < -0.4 is 14.8 Å². The number of hydrogen-bond acceptors (Lipinski definition) is 4. The van der Waals surface area contributed by atoms with E-state index in [9.17, 15) is 9.59 Å². The zero-order chi connectivity index (χ0) is 21.3. The van der Waals surface area contributed by atoms with Crippen LogP contribution in [0.1, 0.15) is 21.5 Å². The van der Waals surface area contributed by atoms with Crippen molar-refractivity contribution in [1.29, 1.82) is 0 Å². The number of amides is 1. The monoisotopic (exact) mass is 421 g/mol. The highest BCUT2D eigenvalue weighted by atomic mass is 35.5. The minimum atomic E-state index is -0.341. The number of nitrogens with one attached hydrogen (secondary N) is 1. The number of para-hydroxylation sites is 1. The van der Waals surface area contributed by atoms with Gasteiger partial charge in [0.1, 0.15) is 6.61 Å². The van der Waals surface area contributed by atoms with Gasteiger partial charge in [-0.1, -0.05) is 41.9 Å². The first kappa shape index (κ1) is 21.1. The van der Waals surface area contributed by atoms with Gasteiger partial charge in [-0.3, -0.25) is 9.59 Å². The van der Waals surface area contributed by atoms with E-state index in [4.69, 9.17) is 21.1 Å². The van der Waals surface area contributed by atoms with Crippen molar-refractivity contribution in [3.63, 3.8) is 0 Å². The number of anilines is 1. The molecule has 0 aromatic heterocycles. The van der Waals surface area contributed by atoms with Gasteiger partial charge in [0.15, 0.2) is 17.8 Å². The van der Waals surface area contributed by atoms with Crippen LogP contribution in [0.3, 0.4) is 0 Å². The van der Waals surface area contributed by atoms with Gasteiger partial charge in [0.05, 0.1) is 12.8 Å². The molecule has 0 aliphatic heterocycles. The highest BCUT2D eigenvalue weighted by molar-refractivity contribution is 6.30. The van der Waals surface area contributed by atoms with E-state index < -0.39 is 0 Å². The van der Waals surface area contributed by atoms with Crippen molar-refractivity contribution in [3.8, 4) is 11.5 Å². The Bertz CT molecular complexity index is 1060. The van der Waals surface area contributed by atoms with E-state index >= 15 is 0 Å². The summed E-state index contributed by atoms with van der Waals surface area (Å²) in [6.45, 7) is 0.376. The topological polar surface area (TPSA) is 64.6 Å². The fourth-order valence-electron chi connectivity index (χ4n) is 2.71. The van der Waals surface area contributed by atoms with Gasteiger partial charge in [-0.15, -0.1) is 0 Å². The molecule has 1 amide bonds. The van der Waals surface area contributed by atoms with Crippen LogP contribution in [0.4, 0.5) is 5.69 Å². The third kappa shape index (κ3) is 5.72. The Hall–Kier alpha value is -3.57. The minimum Gasteiger partial charge on any atom is -0.493 e. The first-order chi connectivity index (χ1) is 14.6. The van der Waals surface area contributed by atoms with E-state index in [-0.39, 0.29) is 5.91 Å². The van der Waals surface area contributed by atoms with Crippen LogP contribution >= 0.6 is 11.6 Å². The Morgan fingerprint density at radius 1 is 1.03 bits per heavy atom. The molecule has 1 N–H and O–H groups in total. The van der Waals surface area contributed by atoms with Crippen molar-refractivity contribution >= 4 is 35.6 Å². The van der Waals surface area contributed by atoms with Gasteiger partial charge in [0.25, 0.3) is 0 Å². The molecule has 30 heavy (non-hydrogen) atoms. The maximum Gasteiger partial charge on any atom is 0.248 e. The molecule has 0 saturated heterocycles. The summed E-state index contributed by atoms with van der Waals surface area (Å²) >= 11 is 5.90. The summed E-state index contributed by atoms with van der Waals surface area (Å²) in [5.74, 6) is 0.804. The Balaban J connectivity index is 1.65. The quantitative estimate of drug-likeness (QED) is 0.391. The molecule has 3 aromatic rings. The Morgan fingerprint density at radius 3 is 2.53 bits per heavy atom. The number of carbonyl (C=O) groups is 2. The highest BCUT2D eigenvalue weighted by Gasteiger charge is 2.07. The number of hydrogen-bond donors (Lipinski definition) is 1. The maximum absolute atomic E-state index is 12.2. The molecule has 0 fully saturated rings. The average molecular weight is 422 g/mol. The van der Waals surface area contributed by atoms with E-state index in [0.717, 1.165) is 11.1 Å². The summed E-state index contributed by atoms with van der Waals surface area (Å²) in [7, 11) is 1.56. The number of rotatable bonds is 8. The SMILES string of the molecule is COc1cc(/C=C/C(=O)Nc2ccccc2C=O)ccc1OCc1ccc(Cl)cc1. The van der Waals surface area contributed by atoms with Crippen LogP contribution in [0.2, 0.25) is 5.02 Å². The molecule has 3 aromatic carbocycles. The molecule has 3 rings (SSSR count). The zero-order valence-corrected chi connectivity index (χ0v) is 17.1. The predicted molar refractivity (Wildman–Crippen MR) is 118 cm³/mol. The lowest BCUT2D eigenvalue weighted by Crippen LogP contribution is -2.09. The standard InChI is InChI=1S/C24H20ClNO4/c1-29-23-14-17(8-12-22(23)30-16-18-6-10-20(25)11-7-18)9-13-24(28)26-21-5-3-2-4-19(21)15-27/h2-15H,16H2,1H3,(H,26,28)/b13-9+. The lowest BCUT2D eigenvalue weighted by molar-refractivity contribution is -0.111. The van der Waals surface area contributed by atoms with Gasteiger partial charge in [-0.25, -0.2) is 0 Å². The van der Waals surface area contributed by atoms with E-state index in [1.54, 1.807) is 49.6 Å². The van der Waals surface area contributed by atoms with Gasteiger partial charge in [-0.2, -0.15) is 0 Å². The smallest absolute Gasteiger partial charge is 0.248 e. The highest BCUT2D eigenvalue weighted by Crippen LogP contribution is 2.29. The Labute approximate surface area is 179 Å². The molecule has 0 saturated carbocycles. The molecule has 0 bridgehead atoms. The van der Waals surface area contributed by atoms with Crippen LogP contribution in [0, 0.1) is 0 Å². The Morgan fingerprint density at radius 2 is 1.80 bits per heavy atom. The fourth-order valence-corrected chi connectivity index (χ4v) is 2.83. The van der Waals surface area contributed by atoms with Crippen molar-refractivity contribution in [2.75, 3.05) is 12.4 Å². The first-order valence-electron chi connectivity index (χ1n) is 9.17. The summed E-state index contributed by atoms with van der Waals surface area (Å²) in [6.07, 6.45) is 3.75. The number of aldehydes is 1. The average Bonchev–Trinajstić information content (AvgIpc) is 2.78. The van der Waals surface area contributed by atoms with Crippen LogP contribution in [-0.2, 0) is 11.4 Å². The van der Waals surface area contributed by atoms with Gasteiger partial charge in [0.2, 0.25) is 5.91 Å². The van der Waals surface area contributed by atoms with Crippen molar-refractivity contribution in [3.05, 3.63) is 94.5 Å². The second-order valence-electron chi connectivity index (χ2n) is 6.35. The second-order valence-corrected chi connectivity index (χ2v) is 6.79. The number of benzene rings is 3. The van der Waals surface area contributed by atoms with Crippen molar-refractivity contribution in [2.24, 2.45) is 0 Å². The zero-order valence-electron chi connectivity index (χ0n) is 16.3. The van der Waals surface area contributed by atoms with Crippen LogP contribution in [0.25, 0.3) is 6.08 Å². The number of halogens is 1. The number of methoxy groups -OCH3 is 1. The molecule has 0 spiro atoms. The van der Waals surface area contributed by atoms with Gasteiger partial charge in [-0.05, 0) is 53.6 Å².